The van der Waals surface area contributed by atoms with Gasteiger partial charge < -0.3 is 19.7 Å². The molecule has 2 amide bonds. The number of piperidine rings is 1. The molecule has 3 aliphatic heterocycles. The Morgan fingerprint density at radius 2 is 1.96 bits per heavy atom. The number of nitrogens with one attached hydrogen (secondary N) is 1. The molecule has 0 unspecified atom stereocenters. The second-order valence-corrected chi connectivity index (χ2v) is 7.32. The van der Waals surface area contributed by atoms with Crippen LogP contribution in [0.5, 0.6) is 11.5 Å². The summed E-state index contributed by atoms with van der Waals surface area (Å²) < 4.78 is 11.8. The predicted molar refractivity (Wildman–Crippen MR) is 92.1 cm³/mol. The van der Waals surface area contributed by atoms with Gasteiger partial charge in [0.05, 0.1) is 13.2 Å². The molecule has 3 heterocycles. The van der Waals surface area contributed by atoms with Gasteiger partial charge in [-0.2, -0.15) is 0 Å². The van der Waals surface area contributed by atoms with Gasteiger partial charge in [0.1, 0.15) is 11.5 Å². The number of carbonyl (C=O) groups is 1. The average molecular weight is 330 g/mol. The molecule has 3 aliphatic rings. The van der Waals surface area contributed by atoms with E-state index in [1.54, 1.807) is 0 Å². The molecule has 1 aromatic rings. The summed E-state index contributed by atoms with van der Waals surface area (Å²) in [7, 11) is 0. The highest BCUT2D eigenvalue weighted by Gasteiger charge is 2.33. The maximum atomic E-state index is 12.2. The van der Waals surface area contributed by atoms with E-state index in [1.165, 1.54) is 16.7 Å². The van der Waals surface area contributed by atoms with E-state index in [4.69, 9.17) is 9.47 Å². The van der Waals surface area contributed by atoms with E-state index in [-0.39, 0.29) is 12.1 Å². The van der Waals surface area contributed by atoms with Crippen molar-refractivity contribution >= 4 is 6.03 Å². The molecule has 0 aromatic heterocycles. The van der Waals surface area contributed by atoms with Gasteiger partial charge in [0.25, 0.3) is 0 Å². The number of urea groups is 1. The molecule has 1 fully saturated rings. The van der Waals surface area contributed by atoms with E-state index in [1.807, 2.05) is 18.7 Å². The molecule has 4 rings (SSSR count). The Bertz CT molecular complexity index is 616. The lowest BCUT2D eigenvalue weighted by molar-refractivity contribution is 0.178. The number of rotatable bonds is 2. The molecule has 5 nitrogen and oxygen atoms in total. The smallest absolute Gasteiger partial charge is 0.317 e. The summed E-state index contributed by atoms with van der Waals surface area (Å²) in [6, 6.07) is 2.42. The van der Waals surface area contributed by atoms with Crippen LogP contribution in [0.2, 0.25) is 0 Å². The number of benzene rings is 1. The van der Waals surface area contributed by atoms with Gasteiger partial charge in [0.2, 0.25) is 0 Å². The maximum Gasteiger partial charge on any atom is 0.317 e. The molecular formula is C19H26N2O3. The van der Waals surface area contributed by atoms with Gasteiger partial charge >= 0.3 is 6.03 Å². The van der Waals surface area contributed by atoms with Gasteiger partial charge in [-0.1, -0.05) is 0 Å². The first-order valence-corrected chi connectivity index (χ1v) is 9.13. The highest BCUT2D eigenvalue weighted by atomic mass is 16.5. The Labute approximate surface area is 143 Å². The standard InChI is InChI=1S/C19H26N2O3/c1-12(2)20-19(22)21-7-3-13(4-8-21)17-15-6-10-23-16(15)11-14-5-9-24-18(14)17/h11-13H,3-10H2,1-2H3,(H,20,22). The molecule has 0 atom stereocenters. The van der Waals surface area contributed by atoms with Gasteiger partial charge in [0.15, 0.2) is 0 Å². The van der Waals surface area contributed by atoms with Gasteiger partial charge in [0, 0.05) is 48.7 Å². The third-order valence-corrected chi connectivity index (χ3v) is 5.29. The van der Waals surface area contributed by atoms with Crippen molar-refractivity contribution in [2.45, 2.75) is 51.5 Å². The number of nitrogens with zero attached hydrogens (tertiary/aromatic N) is 1. The predicted octanol–water partition coefficient (Wildman–Crippen LogP) is 2.85. The summed E-state index contributed by atoms with van der Waals surface area (Å²) in [5.74, 6) is 2.65. The van der Waals surface area contributed by atoms with Crippen LogP contribution in [0.3, 0.4) is 0 Å². The number of ether oxygens (including phenoxy) is 2. The van der Waals surface area contributed by atoms with Crippen molar-refractivity contribution in [1.29, 1.82) is 0 Å². The third kappa shape index (κ3) is 2.70. The molecule has 1 saturated heterocycles. The molecule has 0 saturated carbocycles. The van der Waals surface area contributed by atoms with Crippen molar-refractivity contribution in [3.05, 3.63) is 22.8 Å². The Kier molecular flexibility index (Phi) is 4.02. The first-order valence-electron chi connectivity index (χ1n) is 9.13. The first-order chi connectivity index (χ1) is 11.6. The monoisotopic (exact) mass is 330 g/mol. The quantitative estimate of drug-likeness (QED) is 0.907. The lowest BCUT2D eigenvalue weighted by atomic mass is 9.84. The van der Waals surface area contributed by atoms with Crippen molar-refractivity contribution in [1.82, 2.24) is 10.2 Å². The van der Waals surface area contributed by atoms with Crippen LogP contribution in [0, 0.1) is 0 Å². The molecule has 0 spiro atoms. The second kappa shape index (κ2) is 6.19. The van der Waals surface area contributed by atoms with Crippen LogP contribution >= 0.6 is 0 Å². The summed E-state index contributed by atoms with van der Waals surface area (Å²) in [6.07, 6.45) is 3.96. The van der Waals surface area contributed by atoms with E-state index in [0.717, 1.165) is 63.5 Å². The molecule has 0 bridgehead atoms. The van der Waals surface area contributed by atoms with Crippen LogP contribution in [0.25, 0.3) is 0 Å². The van der Waals surface area contributed by atoms with E-state index < -0.39 is 0 Å². The Hall–Kier alpha value is -1.91. The van der Waals surface area contributed by atoms with Crippen molar-refractivity contribution < 1.29 is 14.3 Å². The van der Waals surface area contributed by atoms with Crippen molar-refractivity contribution in [2.24, 2.45) is 0 Å². The zero-order valence-corrected chi connectivity index (χ0v) is 14.6. The summed E-state index contributed by atoms with van der Waals surface area (Å²) >= 11 is 0. The lowest BCUT2D eigenvalue weighted by Crippen LogP contribution is -2.46. The number of hydrogen-bond acceptors (Lipinski definition) is 3. The number of amides is 2. The van der Waals surface area contributed by atoms with E-state index >= 15 is 0 Å². The SMILES string of the molecule is CC(C)NC(=O)N1CCC(c2c3c(cc4c2OCC4)OCC3)CC1. The molecule has 24 heavy (non-hydrogen) atoms. The lowest BCUT2D eigenvalue weighted by Gasteiger charge is -2.34. The van der Waals surface area contributed by atoms with Gasteiger partial charge in [-0.05, 0) is 38.7 Å². The summed E-state index contributed by atoms with van der Waals surface area (Å²) in [4.78, 5) is 14.1. The molecule has 130 valence electrons. The highest BCUT2D eigenvalue weighted by molar-refractivity contribution is 5.74. The second-order valence-electron chi connectivity index (χ2n) is 7.32. The zero-order valence-electron chi connectivity index (χ0n) is 14.6. The molecule has 1 aromatic carbocycles. The van der Waals surface area contributed by atoms with Crippen LogP contribution in [-0.4, -0.2) is 43.3 Å². The van der Waals surface area contributed by atoms with Crippen LogP contribution < -0.4 is 14.8 Å². The summed E-state index contributed by atoms with van der Waals surface area (Å²) in [5.41, 5.74) is 4.02. The molecular weight excluding hydrogens is 304 g/mol. The normalized spacial score (nSPS) is 19.7. The summed E-state index contributed by atoms with van der Waals surface area (Å²) in [6.45, 7) is 7.17. The largest absolute Gasteiger partial charge is 0.493 e. The van der Waals surface area contributed by atoms with Gasteiger partial charge in [-0.25, -0.2) is 4.79 Å². The van der Waals surface area contributed by atoms with Crippen molar-refractivity contribution in [2.75, 3.05) is 26.3 Å². The van der Waals surface area contributed by atoms with Crippen LogP contribution in [-0.2, 0) is 12.8 Å². The third-order valence-electron chi connectivity index (χ3n) is 5.29. The number of fused-ring (bicyclic) bond motifs is 2. The van der Waals surface area contributed by atoms with E-state index in [9.17, 15) is 4.79 Å². The Morgan fingerprint density at radius 3 is 2.71 bits per heavy atom. The van der Waals surface area contributed by atoms with Crippen LogP contribution in [0.4, 0.5) is 4.79 Å². The van der Waals surface area contributed by atoms with Crippen LogP contribution in [0.15, 0.2) is 6.07 Å². The number of hydrogen-bond donors (Lipinski definition) is 1. The summed E-state index contributed by atoms with van der Waals surface area (Å²) in [5, 5.41) is 2.99. The molecule has 1 N–H and O–H groups in total. The fourth-order valence-corrected chi connectivity index (χ4v) is 4.16. The highest BCUT2D eigenvalue weighted by Crippen LogP contribution is 2.46. The Balaban J connectivity index is 1.54. The minimum atomic E-state index is 0.0616. The van der Waals surface area contributed by atoms with Crippen molar-refractivity contribution in [3.8, 4) is 11.5 Å². The van der Waals surface area contributed by atoms with Gasteiger partial charge in [-0.3, -0.25) is 0 Å². The zero-order chi connectivity index (χ0) is 16.7. The van der Waals surface area contributed by atoms with Gasteiger partial charge in [-0.15, -0.1) is 0 Å². The van der Waals surface area contributed by atoms with E-state index in [2.05, 4.69) is 11.4 Å². The topological polar surface area (TPSA) is 50.8 Å². The average Bonchev–Trinajstić information content (AvgIpc) is 3.20. The molecule has 0 radical (unpaired) electrons. The first kappa shape index (κ1) is 15.6. The molecule has 0 aliphatic carbocycles. The maximum absolute atomic E-state index is 12.2. The fourth-order valence-electron chi connectivity index (χ4n) is 4.16. The number of carbonyl (C=O) groups excluding carboxylic acids is 1. The van der Waals surface area contributed by atoms with Crippen LogP contribution in [0.1, 0.15) is 49.3 Å². The van der Waals surface area contributed by atoms with Crippen molar-refractivity contribution in [3.63, 3.8) is 0 Å². The number of likely N-dealkylation sites (tertiary alicyclic amines) is 1. The van der Waals surface area contributed by atoms with E-state index in [0.29, 0.717) is 5.92 Å². The Morgan fingerprint density at radius 1 is 1.21 bits per heavy atom. The molecule has 5 heteroatoms. The minimum absolute atomic E-state index is 0.0616. The minimum Gasteiger partial charge on any atom is -0.493 e. The fraction of sp³-hybridized carbons (Fsp3) is 0.632.